The van der Waals surface area contributed by atoms with Crippen LogP contribution >= 0.6 is 11.3 Å². The number of aromatic nitrogens is 2. The van der Waals surface area contributed by atoms with Crippen LogP contribution in [0.4, 0.5) is 15.9 Å². The number of rotatable bonds is 3. The molecule has 0 atom stereocenters. The second kappa shape index (κ2) is 7.60. The maximum atomic E-state index is 13.9. The first kappa shape index (κ1) is 17.9. The summed E-state index contributed by atoms with van der Waals surface area (Å²) in [6.45, 7) is 3.86. The van der Waals surface area contributed by atoms with Gasteiger partial charge in [-0.25, -0.2) is 14.4 Å². The minimum absolute atomic E-state index is 0.179. The molecular weight excluding hydrogens is 363 g/mol. The standard InChI is InChI=1S/C20H21FN4OS/c1-13-16-18(25-10-6-2-3-7-11-25)22-12-23-20(16)27-17(13)19(26)24-15-9-5-4-8-14(15)21/h4-5,8-9,12H,2-3,6-7,10-11H2,1H3,(H,24,26). The molecule has 0 saturated carbocycles. The summed E-state index contributed by atoms with van der Waals surface area (Å²) in [7, 11) is 0. The Kier molecular flexibility index (Phi) is 5.03. The molecule has 0 aliphatic carbocycles. The van der Waals surface area contributed by atoms with Crippen molar-refractivity contribution in [2.24, 2.45) is 0 Å². The molecule has 27 heavy (non-hydrogen) atoms. The highest BCUT2D eigenvalue weighted by atomic mass is 32.1. The summed E-state index contributed by atoms with van der Waals surface area (Å²) in [4.78, 5) is 25.3. The normalized spacial score (nSPS) is 15.0. The molecule has 1 saturated heterocycles. The summed E-state index contributed by atoms with van der Waals surface area (Å²) in [5.74, 6) is 0.137. The molecule has 1 aromatic carbocycles. The van der Waals surface area contributed by atoms with Crippen molar-refractivity contribution in [3.8, 4) is 0 Å². The number of hydrogen-bond donors (Lipinski definition) is 1. The molecule has 0 bridgehead atoms. The first-order valence-corrected chi connectivity index (χ1v) is 10.0. The lowest BCUT2D eigenvalue weighted by molar-refractivity contribution is 0.102. The molecule has 1 fully saturated rings. The Balaban J connectivity index is 1.70. The van der Waals surface area contributed by atoms with Crippen LogP contribution < -0.4 is 10.2 Å². The van der Waals surface area contributed by atoms with Crippen molar-refractivity contribution in [3.05, 3.63) is 46.9 Å². The number of hydrogen-bond acceptors (Lipinski definition) is 5. The Morgan fingerprint density at radius 1 is 1.15 bits per heavy atom. The topological polar surface area (TPSA) is 58.1 Å². The van der Waals surface area contributed by atoms with Crippen molar-refractivity contribution in [2.45, 2.75) is 32.6 Å². The molecule has 0 unspecified atom stereocenters. The summed E-state index contributed by atoms with van der Waals surface area (Å²) in [6.07, 6.45) is 6.34. The third-order valence-corrected chi connectivity index (χ3v) is 6.14. The number of amides is 1. The minimum Gasteiger partial charge on any atom is -0.356 e. The highest BCUT2D eigenvalue weighted by Crippen LogP contribution is 2.36. The summed E-state index contributed by atoms with van der Waals surface area (Å²) >= 11 is 1.33. The van der Waals surface area contributed by atoms with E-state index in [4.69, 9.17) is 0 Å². The van der Waals surface area contributed by atoms with Gasteiger partial charge in [-0.1, -0.05) is 25.0 Å². The van der Waals surface area contributed by atoms with Gasteiger partial charge in [0.25, 0.3) is 5.91 Å². The highest BCUT2D eigenvalue weighted by molar-refractivity contribution is 7.20. The third kappa shape index (κ3) is 3.51. The van der Waals surface area contributed by atoms with Crippen LogP contribution in [0, 0.1) is 12.7 Å². The van der Waals surface area contributed by atoms with Gasteiger partial charge >= 0.3 is 0 Å². The smallest absolute Gasteiger partial charge is 0.266 e. The lowest BCUT2D eigenvalue weighted by Crippen LogP contribution is -2.25. The average molecular weight is 384 g/mol. The predicted octanol–water partition coefficient (Wildman–Crippen LogP) is 4.77. The van der Waals surface area contributed by atoms with Crippen molar-refractivity contribution in [2.75, 3.05) is 23.3 Å². The van der Waals surface area contributed by atoms with E-state index in [1.807, 2.05) is 6.92 Å². The van der Waals surface area contributed by atoms with E-state index < -0.39 is 5.82 Å². The van der Waals surface area contributed by atoms with E-state index in [1.165, 1.54) is 30.2 Å². The molecule has 3 heterocycles. The SMILES string of the molecule is Cc1c(C(=O)Nc2ccccc2F)sc2ncnc(N3CCCCCC3)c12. The molecule has 0 radical (unpaired) electrons. The van der Waals surface area contributed by atoms with Crippen LogP contribution in [0.25, 0.3) is 10.2 Å². The van der Waals surface area contributed by atoms with Crippen LogP contribution in [-0.4, -0.2) is 29.0 Å². The molecule has 2 aromatic heterocycles. The monoisotopic (exact) mass is 384 g/mol. The quantitative estimate of drug-likeness (QED) is 0.707. The zero-order valence-electron chi connectivity index (χ0n) is 15.2. The number of aryl methyl sites for hydroxylation is 1. The summed E-state index contributed by atoms with van der Waals surface area (Å²) in [6, 6.07) is 6.17. The van der Waals surface area contributed by atoms with E-state index in [2.05, 4.69) is 20.2 Å². The Morgan fingerprint density at radius 3 is 2.63 bits per heavy atom. The number of nitrogens with one attached hydrogen (secondary N) is 1. The van der Waals surface area contributed by atoms with Crippen molar-refractivity contribution in [1.29, 1.82) is 0 Å². The van der Waals surface area contributed by atoms with Crippen LogP contribution in [0.1, 0.15) is 40.9 Å². The second-order valence-corrected chi connectivity index (χ2v) is 7.77. The van der Waals surface area contributed by atoms with E-state index >= 15 is 0 Å². The van der Waals surface area contributed by atoms with Gasteiger partial charge in [0.1, 0.15) is 22.8 Å². The molecule has 0 spiro atoms. The molecule has 1 N–H and O–H groups in total. The average Bonchev–Trinajstić information content (AvgIpc) is 2.85. The maximum Gasteiger partial charge on any atom is 0.266 e. The van der Waals surface area contributed by atoms with Gasteiger partial charge in [0.15, 0.2) is 0 Å². The van der Waals surface area contributed by atoms with Crippen LogP contribution in [-0.2, 0) is 0 Å². The third-order valence-electron chi connectivity index (χ3n) is 4.94. The first-order valence-electron chi connectivity index (χ1n) is 9.20. The zero-order valence-corrected chi connectivity index (χ0v) is 16.0. The highest BCUT2D eigenvalue weighted by Gasteiger charge is 2.23. The lowest BCUT2D eigenvalue weighted by Gasteiger charge is -2.22. The molecular formula is C20H21FN4OS. The number of benzene rings is 1. The fraction of sp³-hybridized carbons (Fsp3) is 0.350. The first-order chi connectivity index (χ1) is 13.1. The summed E-state index contributed by atoms with van der Waals surface area (Å²) in [5, 5.41) is 3.61. The predicted molar refractivity (Wildman–Crippen MR) is 107 cm³/mol. The Bertz CT molecular complexity index is 979. The number of halogens is 1. The number of anilines is 2. The summed E-state index contributed by atoms with van der Waals surface area (Å²) in [5.41, 5.74) is 1.03. The molecule has 1 aliphatic heterocycles. The molecule has 5 nitrogen and oxygen atoms in total. The summed E-state index contributed by atoms with van der Waals surface area (Å²) < 4.78 is 13.9. The Morgan fingerprint density at radius 2 is 1.89 bits per heavy atom. The van der Waals surface area contributed by atoms with Crippen molar-refractivity contribution in [3.63, 3.8) is 0 Å². The number of nitrogens with zero attached hydrogens (tertiary/aromatic N) is 3. The van der Waals surface area contributed by atoms with Gasteiger partial charge in [0, 0.05) is 13.1 Å². The largest absolute Gasteiger partial charge is 0.356 e. The van der Waals surface area contributed by atoms with Crippen LogP contribution in [0.15, 0.2) is 30.6 Å². The number of thiophene rings is 1. The maximum absolute atomic E-state index is 13.9. The van der Waals surface area contributed by atoms with Crippen molar-refractivity contribution < 1.29 is 9.18 Å². The van der Waals surface area contributed by atoms with E-state index in [1.54, 1.807) is 24.5 Å². The van der Waals surface area contributed by atoms with E-state index in [0.29, 0.717) is 4.88 Å². The fourth-order valence-corrected chi connectivity index (χ4v) is 4.57. The van der Waals surface area contributed by atoms with Crippen molar-refractivity contribution in [1.82, 2.24) is 9.97 Å². The van der Waals surface area contributed by atoms with E-state index in [0.717, 1.165) is 47.5 Å². The van der Waals surface area contributed by atoms with Gasteiger partial charge < -0.3 is 10.2 Å². The van der Waals surface area contributed by atoms with Crippen molar-refractivity contribution >= 4 is 39.0 Å². The molecule has 140 valence electrons. The number of carbonyl (C=O) groups is 1. The van der Waals surface area contributed by atoms with Gasteiger partial charge in [0.2, 0.25) is 0 Å². The van der Waals surface area contributed by atoms with Crippen LogP contribution in [0.5, 0.6) is 0 Å². The number of carbonyl (C=O) groups excluding carboxylic acids is 1. The Labute approximate surface area is 161 Å². The zero-order chi connectivity index (χ0) is 18.8. The molecule has 1 aliphatic rings. The molecule has 4 rings (SSSR count). The molecule has 1 amide bonds. The Hall–Kier alpha value is -2.54. The number of fused-ring (bicyclic) bond motifs is 1. The van der Waals surface area contributed by atoms with Gasteiger partial charge in [-0.3, -0.25) is 4.79 Å². The van der Waals surface area contributed by atoms with Crippen LogP contribution in [0.2, 0.25) is 0 Å². The van der Waals surface area contributed by atoms with Crippen LogP contribution in [0.3, 0.4) is 0 Å². The van der Waals surface area contributed by atoms with Gasteiger partial charge in [-0.2, -0.15) is 0 Å². The van der Waals surface area contributed by atoms with Gasteiger partial charge in [-0.05, 0) is 37.5 Å². The lowest BCUT2D eigenvalue weighted by atomic mass is 10.1. The van der Waals surface area contributed by atoms with E-state index in [-0.39, 0.29) is 11.6 Å². The number of para-hydroxylation sites is 1. The molecule has 3 aromatic rings. The minimum atomic E-state index is -0.449. The van der Waals surface area contributed by atoms with Gasteiger partial charge in [-0.15, -0.1) is 11.3 Å². The second-order valence-electron chi connectivity index (χ2n) is 6.77. The van der Waals surface area contributed by atoms with E-state index in [9.17, 15) is 9.18 Å². The fourth-order valence-electron chi connectivity index (χ4n) is 3.53. The molecule has 7 heteroatoms. The van der Waals surface area contributed by atoms with Gasteiger partial charge in [0.05, 0.1) is 16.0 Å².